The molecule has 1 heterocycles. The monoisotopic (exact) mass is 337 g/mol. The van der Waals surface area contributed by atoms with E-state index in [1.54, 1.807) is 24.3 Å². The molecule has 1 fully saturated rings. The van der Waals surface area contributed by atoms with Crippen LogP contribution in [0.5, 0.6) is 0 Å². The van der Waals surface area contributed by atoms with Crippen molar-refractivity contribution in [1.82, 2.24) is 0 Å². The standard InChI is InChI=1S/C19H20N4O2/c20-13-16-3-1-2-4-18(16)22-19(24)21-17-7-5-15(6-8-17)14-23-9-11-25-12-10-23/h1-8H,9-12,14H2,(H2,21,22,24)/p+1. The van der Waals surface area contributed by atoms with Crippen LogP contribution in [-0.4, -0.2) is 32.3 Å². The molecular formula is C19H21N4O2+. The molecular weight excluding hydrogens is 316 g/mol. The normalized spacial score (nSPS) is 14.5. The number of hydrogen-bond acceptors (Lipinski definition) is 3. The van der Waals surface area contributed by atoms with Gasteiger partial charge < -0.3 is 20.3 Å². The van der Waals surface area contributed by atoms with E-state index in [2.05, 4.69) is 16.7 Å². The molecule has 0 aromatic heterocycles. The summed E-state index contributed by atoms with van der Waals surface area (Å²) < 4.78 is 5.37. The van der Waals surface area contributed by atoms with Gasteiger partial charge in [0.15, 0.2) is 0 Å². The third-order valence-electron chi connectivity index (χ3n) is 4.16. The van der Waals surface area contributed by atoms with E-state index in [1.165, 1.54) is 10.5 Å². The Labute approximate surface area is 147 Å². The maximum atomic E-state index is 12.1. The number of quaternary nitrogens is 1. The molecule has 3 rings (SSSR count). The van der Waals surface area contributed by atoms with Crippen LogP contribution in [0, 0.1) is 11.3 Å². The number of carbonyl (C=O) groups excluding carboxylic acids is 1. The van der Waals surface area contributed by atoms with Crippen molar-refractivity contribution in [2.45, 2.75) is 6.54 Å². The number of amides is 2. The molecule has 0 bridgehead atoms. The molecule has 6 heteroatoms. The molecule has 1 aliphatic heterocycles. The first-order valence-electron chi connectivity index (χ1n) is 8.32. The first kappa shape index (κ1) is 17.0. The van der Waals surface area contributed by atoms with Crippen LogP contribution >= 0.6 is 0 Å². The molecule has 2 aromatic carbocycles. The number of anilines is 2. The Hall–Kier alpha value is -2.88. The van der Waals surface area contributed by atoms with Crippen LogP contribution in [0.25, 0.3) is 0 Å². The lowest BCUT2D eigenvalue weighted by Crippen LogP contribution is -3.12. The highest BCUT2D eigenvalue weighted by molar-refractivity contribution is 6.00. The van der Waals surface area contributed by atoms with E-state index in [0.717, 1.165) is 32.8 Å². The Morgan fingerprint density at radius 2 is 1.80 bits per heavy atom. The van der Waals surface area contributed by atoms with Gasteiger partial charge in [0.25, 0.3) is 0 Å². The summed E-state index contributed by atoms with van der Waals surface area (Å²) in [5, 5.41) is 14.5. The van der Waals surface area contributed by atoms with Crippen molar-refractivity contribution < 1.29 is 14.4 Å². The van der Waals surface area contributed by atoms with E-state index in [1.807, 2.05) is 24.3 Å². The number of hydrogen-bond donors (Lipinski definition) is 3. The highest BCUT2D eigenvalue weighted by atomic mass is 16.5. The molecule has 0 spiro atoms. The lowest BCUT2D eigenvalue weighted by molar-refractivity contribution is -0.921. The second kappa shape index (κ2) is 8.29. The highest BCUT2D eigenvalue weighted by Gasteiger charge is 2.14. The lowest BCUT2D eigenvalue weighted by Gasteiger charge is -2.23. The van der Waals surface area contributed by atoms with Gasteiger partial charge in [-0.2, -0.15) is 5.26 Å². The Bertz CT molecular complexity index is 762. The van der Waals surface area contributed by atoms with Crippen LogP contribution in [0.15, 0.2) is 48.5 Å². The van der Waals surface area contributed by atoms with Gasteiger partial charge in [-0.05, 0) is 24.3 Å². The molecule has 0 aliphatic carbocycles. The molecule has 0 radical (unpaired) electrons. The fourth-order valence-electron chi connectivity index (χ4n) is 2.81. The summed E-state index contributed by atoms with van der Waals surface area (Å²) >= 11 is 0. The molecule has 25 heavy (non-hydrogen) atoms. The molecule has 2 amide bonds. The fraction of sp³-hybridized carbons (Fsp3) is 0.263. The van der Waals surface area contributed by atoms with E-state index < -0.39 is 0 Å². The predicted molar refractivity (Wildman–Crippen MR) is 95.5 cm³/mol. The number of nitrogens with zero attached hydrogens (tertiary/aromatic N) is 1. The number of nitriles is 1. The number of carbonyl (C=O) groups is 1. The Balaban J connectivity index is 1.55. The van der Waals surface area contributed by atoms with Gasteiger partial charge in [-0.25, -0.2) is 4.79 Å². The van der Waals surface area contributed by atoms with Gasteiger partial charge in [0.1, 0.15) is 25.7 Å². The van der Waals surface area contributed by atoms with Crippen LogP contribution in [-0.2, 0) is 11.3 Å². The zero-order valence-corrected chi connectivity index (χ0v) is 13.9. The number of urea groups is 1. The lowest BCUT2D eigenvalue weighted by atomic mass is 10.2. The third-order valence-corrected chi connectivity index (χ3v) is 4.16. The van der Waals surface area contributed by atoms with E-state index in [4.69, 9.17) is 10.00 Å². The van der Waals surface area contributed by atoms with Gasteiger partial charge >= 0.3 is 6.03 Å². The molecule has 6 nitrogen and oxygen atoms in total. The minimum atomic E-state index is -0.366. The number of para-hydroxylation sites is 1. The zero-order valence-electron chi connectivity index (χ0n) is 13.9. The summed E-state index contributed by atoms with van der Waals surface area (Å²) in [5.41, 5.74) is 2.88. The summed E-state index contributed by atoms with van der Waals surface area (Å²) in [5.74, 6) is 0. The SMILES string of the molecule is N#Cc1ccccc1NC(=O)Nc1ccc(C[NH+]2CCOCC2)cc1. The van der Waals surface area contributed by atoms with Gasteiger partial charge in [-0.3, -0.25) is 0 Å². The summed E-state index contributed by atoms with van der Waals surface area (Å²) in [4.78, 5) is 13.6. The molecule has 2 aromatic rings. The van der Waals surface area contributed by atoms with Gasteiger partial charge in [0.05, 0.1) is 24.5 Å². The molecule has 0 saturated carbocycles. The van der Waals surface area contributed by atoms with Gasteiger partial charge in [-0.15, -0.1) is 0 Å². The Morgan fingerprint density at radius 3 is 2.52 bits per heavy atom. The highest BCUT2D eigenvalue weighted by Crippen LogP contribution is 2.15. The fourth-order valence-corrected chi connectivity index (χ4v) is 2.81. The number of benzene rings is 2. The van der Waals surface area contributed by atoms with Crippen molar-refractivity contribution in [3.8, 4) is 6.07 Å². The predicted octanol–water partition coefficient (Wildman–Crippen LogP) is 1.62. The van der Waals surface area contributed by atoms with Gasteiger partial charge in [0.2, 0.25) is 0 Å². The maximum absolute atomic E-state index is 12.1. The first-order chi connectivity index (χ1) is 12.2. The van der Waals surface area contributed by atoms with E-state index in [9.17, 15) is 4.79 Å². The topological polar surface area (TPSA) is 78.6 Å². The van der Waals surface area contributed by atoms with Crippen molar-refractivity contribution >= 4 is 17.4 Å². The summed E-state index contributed by atoms with van der Waals surface area (Å²) in [6.45, 7) is 4.66. The third kappa shape index (κ3) is 4.80. The van der Waals surface area contributed by atoms with Crippen molar-refractivity contribution in [2.24, 2.45) is 0 Å². The summed E-state index contributed by atoms with van der Waals surface area (Å²) in [6.07, 6.45) is 0. The van der Waals surface area contributed by atoms with Crippen LogP contribution in [0.4, 0.5) is 16.2 Å². The second-order valence-electron chi connectivity index (χ2n) is 5.97. The average molecular weight is 337 g/mol. The number of nitrogens with one attached hydrogen (secondary N) is 3. The first-order valence-corrected chi connectivity index (χ1v) is 8.32. The average Bonchev–Trinajstić information content (AvgIpc) is 2.64. The maximum Gasteiger partial charge on any atom is 0.323 e. The molecule has 0 unspecified atom stereocenters. The number of ether oxygens (including phenoxy) is 1. The number of rotatable bonds is 4. The largest absolute Gasteiger partial charge is 0.370 e. The van der Waals surface area contributed by atoms with Crippen molar-refractivity contribution in [1.29, 1.82) is 5.26 Å². The van der Waals surface area contributed by atoms with Crippen LogP contribution in [0.3, 0.4) is 0 Å². The van der Waals surface area contributed by atoms with Crippen LogP contribution in [0.2, 0.25) is 0 Å². The van der Waals surface area contributed by atoms with Crippen LogP contribution in [0.1, 0.15) is 11.1 Å². The molecule has 0 atom stereocenters. The number of morpholine rings is 1. The van der Waals surface area contributed by atoms with E-state index in [-0.39, 0.29) is 6.03 Å². The van der Waals surface area contributed by atoms with E-state index in [0.29, 0.717) is 16.9 Å². The van der Waals surface area contributed by atoms with Crippen molar-refractivity contribution in [2.75, 3.05) is 36.9 Å². The summed E-state index contributed by atoms with van der Waals surface area (Å²) in [7, 11) is 0. The molecule has 1 saturated heterocycles. The Morgan fingerprint density at radius 1 is 1.08 bits per heavy atom. The smallest absolute Gasteiger partial charge is 0.323 e. The summed E-state index contributed by atoms with van der Waals surface area (Å²) in [6, 6.07) is 16.4. The van der Waals surface area contributed by atoms with Crippen molar-refractivity contribution in [3.63, 3.8) is 0 Å². The molecule has 1 aliphatic rings. The second-order valence-corrected chi connectivity index (χ2v) is 5.97. The minimum Gasteiger partial charge on any atom is -0.370 e. The van der Waals surface area contributed by atoms with Crippen LogP contribution < -0.4 is 15.5 Å². The Kier molecular flexibility index (Phi) is 5.62. The molecule has 3 N–H and O–H groups in total. The molecule has 128 valence electrons. The van der Waals surface area contributed by atoms with Gasteiger partial charge in [-0.1, -0.05) is 24.3 Å². The minimum absolute atomic E-state index is 0.366. The zero-order chi connectivity index (χ0) is 17.5. The van der Waals surface area contributed by atoms with Gasteiger partial charge in [0, 0.05) is 11.3 Å². The quantitative estimate of drug-likeness (QED) is 0.793. The van der Waals surface area contributed by atoms with Crippen molar-refractivity contribution in [3.05, 3.63) is 59.7 Å². The van der Waals surface area contributed by atoms with E-state index >= 15 is 0 Å².